The Morgan fingerprint density at radius 1 is 1.27 bits per heavy atom. The van der Waals surface area contributed by atoms with Crippen LogP contribution < -0.4 is 0 Å². The van der Waals surface area contributed by atoms with Gasteiger partial charge in [0.2, 0.25) is 0 Å². The first kappa shape index (κ1) is 11.2. The van der Waals surface area contributed by atoms with Gasteiger partial charge in [-0.1, -0.05) is 0 Å². The van der Waals surface area contributed by atoms with Crippen LogP contribution in [0, 0.1) is 0 Å². The predicted octanol–water partition coefficient (Wildman–Crippen LogP) is 2.58. The van der Waals surface area contributed by atoms with E-state index in [2.05, 4.69) is 23.8 Å². The second-order valence-electron chi connectivity index (χ2n) is 4.03. The molecule has 0 saturated carbocycles. The molecule has 1 nitrogen and oxygen atoms in total. The van der Waals surface area contributed by atoms with E-state index in [4.69, 9.17) is 5.11 Å². The number of hydrogen-bond acceptors (Lipinski definition) is 1. The summed E-state index contributed by atoms with van der Waals surface area (Å²) in [5.74, 6) is 7.09. The van der Waals surface area contributed by atoms with E-state index in [-0.39, 0.29) is 0 Å². The van der Waals surface area contributed by atoms with E-state index >= 15 is 0 Å². The molecule has 2 heteroatoms. The maximum absolute atomic E-state index is 8.57. The number of hydrogen-bond donors (Lipinski definition) is 1. The number of aliphatic hydroxyl groups is 1. The van der Waals surface area contributed by atoms with Crippen molar-refractivity contribution in [2.45, 2.75) is 36.5 Å². The average molecular weight is 217 g/mol. The standard InChI is InChI=1S/C9H20GeO/c1-9(10(2,3)4)7-5-6-8-11/h11H,1,5-8H2,2-4H3. The number of rotatable bonds is 5. The average Bonchev–Trinajstić information content (AvgIpc) is 1.86. The molecule has 0 atom stereocenters. The third-order valence-corrected chi connectivity index (χ3v) is 6.92. The summed E-state index contributed by atoms with van der Waals surface area (Å²) < 4.78 is 1.47. The Morgan fingerprint density at radius 3 is 2.18 bits per heavy atom. The van der Waals surface area contributed by atoms with Crippen molar-refractivity contribution in [3.8, 4) is 0 Å². The molecule has 0 aromatic heterocycles. The fraction of sp³-hybridized carbons (Fsp3) is 0.778. The van der Waals surface area contributed by atoms with E-state index in [1.54, 1.807) is 0 Å². The normalized spacial score (nSPS) is 11.6. The quantitative estimate of drug-likeness (QED) is 0.554. The Morgan fingerprint density at radius 2 is 1.82 bits per heavy atom. The van der Waals surface area contributed by atoms with Crippen molar-refractivity contribution < 1.29 is 5.11 Å². The molecule has 0 fully saturated rings. The summed E-state index contributed by atoms with van der Waals surface area (Å²) in [4.78, 5) is 0. The minimum absolute atomic E-state index is 0.324. The van der Waals surface area contributed by atoms with Gasteiger partial charge in [-0.15, -0.1) is 0 Å². The van der Waals surface area contributed by atoms with Gasteiger partial charge in [0.15, 0.2) is 0 Å². The van der Waals surface area contributed by atoms with Crippen molar-refractivity contribution in [3.63, 3.8) is 0 Å². The van der Waals surface area contributed by atoms with Crippen molar-refractivity contribution >= 4 is 13.3 Å². The van der Waals surface area contributed by atoms with Gasteiger partial charge < -0.3 is 0 Å². The molecule has 66 valence electrons. The van der Waals surface area contributed by atoms with Crippen molar-refractivity contribution in [1.29, 1.82) is 0 Å². The van der Waals surface area contributed by atoms with Crippen LogP contribution in [0.25, 0.3) is 0 Å². The van der Waals surface area contributed by atoms with Crippen LogP contribution in [0.2, 0.25) is 17.3 Å². The summed E-state index contributed by atoms with van der Waals surface area (Å²) in [7, 11) is 0. The number of aliphatic hydroxyl groups excluding tert-OH is 1. The van der Waals surface area contributed by atoms with Gasteiger partial charge in [0, 0.05) is 0 Å². The van der Waals surface area contributed by atoms with Crippen molar-refractivity contribution in [3.05, 3.63) is 11.0 Å². The zero-order chi connectivity index (χ0) is 8.91. The third kappa shape index (κ3) is 5.51. The first-order valence-corrected chi connectivity index (χ1v) is 11.6. The zero-order valence-electron chi connectivity index (χ0n) is 7.98. The molecule has 0 amide bonds. The third-order valence-electron chi connectivity index (χ3n) is 1.95. The fourth-order valence-electron chi connectivity index (χ4n) is 0.825. The van der Waals surface area contributed by atoms with Crippen LogP contribution in [-0.4, -0.2) is 25.0 Å². The van der Waals surface area contributed by atoms with Crippen LogP contribution in [0.15, 0.2) is 11.0 Å². The molecule has 0 heterocycles. The van der Waals surface area contributed by atoms with Gasteiger partial charge in [-0.25, -0.2) is 0 Å². The summed E-state index contributed by atoms with van der Waals surface area (Å²) in [5.41, 5.74) is 0. The Balaban J connectivity index is 3.54. The number of allylic oxidation sites excluding steroid dienone is 1. The van der Waals surface area contributed by atoms with Gasteiger partial charge in [-0.3, -0.25) is 0 Å². The van der Waals surface area contributed by atoms with Crippen LogP contribution in [0.1, 0.15) is 19.3 Å². The monoisotopic (exact) mass is 218 g/mol. The molecular weight excluding hydrogens is 197 g/mol. The molecule has 1 N–H and O–H groups in total. The van der Waals surface area contributed by atoms with E-state index in [0.717, 1.165) is 19.3 Å². The van der Waals surface area contributed by atoms with E-state index in [1.165, 1.54) is 4.41 Å². The summed E-state index contributed by atoms with van der Waals surface area (Å²) in [5, 5.41) is 8.57. The van der Waals surface area contributed by atoms with Gasteiger partial charge in [0.05, 0.1) is 0 Å². The topological polar surface area (TPSA) is 20.2 Å². The molecule has 0 aliphatic rings. The maximum atomic E-state index is 8.57. The molecule has 0 spiro atoms. The molecule has 0 saturated heterocycles. The summed E-state index contributed by atoms with van der Waals surface area (Å²) in [6.45, 7) is 4.42. The molecular formula is C9H20GeO. The van der Waals surface area contributed by atoms with Crippen molar-refractivity contribution in [2.75, 3.05) is 6.61 Å². The summed E-state index contributed by atoms with van der Waals surface area (Å²) in [6, 6.07) is 0. The molecule has 0 aliphatic heterocycles. The predicted molar refractivity (Wildman–Crippen MR) is 53.4 cm³/mol. The molecule has 0 aliphatic carbocycles. The molecule has 0 unspecified atom stereocenters. The summed E-state index contributed by atoms with van der Waals surface area (Å²) >= 11 is -1.55. The minimum atomic E-state index is -1.55. The Bertz CT molecular complexity index is 124. The van der Waals surface area contributed by atoms with Gasteiger partial charge in [0.1, 0.15) is 0 Å². The fourth-order valence-corrected chi connectivity index (χ4v) is 2.77. The van der Waals surface area contributed by atoms with Crippen LogP contribution in [0.5, 0.6) is 0 Å². The first-order chi connectivity index (χ1) is 4.98. The van der Waals surface area contributed by atoms with Gasteiger partial charge in [-0.2, -0.15) is 0 Å². The van der Waals surface area contributed by atoms with Crippen LogP contribution in [0.4, 0.5) is 0 Å². The molecule has 0 aromatic carbocycles. The van der Waals surface area contributed by atoms with Crippen molar-refractivity contribution in [1.82, 2.24) is 0 Å². The molecule has 0 aromatic rings. The second kappa shape index (κ2) is 4.99. The molecule has 0 radical (unpaired) electrons. The zero-order valence-corrected chi connectivity index (χ0v) is 10.1. The van der Waals surface area contributed by atoms with Crippen LogP contribution >= 0.6 is 0 Å². The van der Waals surface area contributed by atoms with Gasteiger partial charge in [0.25, 0.3) is 0 Å². The molecule has 11 heavy (non-hydrogen) atoms. The number of unbranched alkanes of at least 4 members (excludes halogenated alkanes) is 1. The Kier molecular flexibility index (Phi) is 5.10. The van der Waals surface area contributed by atoms with E-state index < -0.39 is 13.3 Å². The first-order valence-electron chi connectivity index (χ1n) is 4.27. The Hall–Kier alpha value is 0.243. The van der Waals surface area contributed by atoms with E-state index in [0.29, 0.717) is 6.61 Å². The Labute approximate surface area is 72.9 Å². The molecule has 0 bridgehead atoms. The van der Waals surface area contributed by atoms with Crippen LogP contribution in [0.3, 0.4) is 0 Å². The summed E-state index contributed by atoms with van der Waals surface area (Å²) in [6.07, 6.45) is 3.17. The molecule has 0 rings (SSSR count). The van der Waals surface area contributed by atoms with Crippen LogP contribution in [-0.2, 0) is 0 Å². The van der Waals surface area contributed by atoms with E-state index in [9.17, 15) is 0 Å². The van der Waals surface area contributed by atoms with E-state index in [1.807, 2.05) is 0 Å². The van der Waals surface area contributed by atoms with Gasteiger partial charge in [-0.05, 0) is 0 Å². The SMILES string of the molecule is C=[C](CCCCO)[Ge]([CH3])([CH3])[CH3]. The van der Waals surface area contributed by atoms with Crippen molar-refractivity contribution in [2.24, 2.45) is 0 Å². The second-order valence-corrected chi connectivity index (χ2v) is 15.0. The van der Waals surface area contributed by atoms with Gasteiger partial charge >= 0.3 is 72.5 Å².